The van der Waals surface area contributed by atoms with E-state index in [0.717, 1.165) is 0 Å². The number of ether oxygens (including phenoxy) is 1. The summed E-state index contributed by atoms with van der Waals surface area (Å²) in [6.07, 6.45) is -0.0222. The maximum atomic E-state index is 11.0. The van der Waals surface area contributed by atoms with E-state index in [0.29, 0.717) is 17.0 Å². The zero-order valence-corrected chi connectivity index (χ0v) is 12.2. The molecule has 1 aromatic carbocycles. The lowest BCUT2D eigenvalue weighted by atomic mass is 9.84. The summed E-state index contributed by atoms with van der Waals surface area (Å²) in [5.74, 6) is -0.256. The van der Waals surface area contributed by atoms with Crippen molar-refractivity contribution >= 4 is 11.7 Å². The van der Waals surface area contributed by atoms with E-state index in [4.69, 9.17) is 15.1 Å². The number of nitriles is 1. The van der Waals surface area contributed by atoms with Crippen LogP contribution in [0.15, 0.2) is 18.2 Å². The number of nitrogens with one attached hydrogen (secondary N) is 1. The Hall–Kier alpha value is -2.22. The van der Waals surface area contributed by atoms with Crippen LogP contribution in [0.3, 0.4) is 0 Å². The van der Waals surface area contributed by atoms with Crippen molar-refractivity contribution in [1.82, 2.24) is 0 Å². The predicted octanol–water partition coefficient (Wildman–Crippen LogP) is 2.87. The molecular weight excluding hydrogens is 256 g/mol. The lowest BCUT2D eigenvalue weighted by molar-refractivity contribution is -0.137. The first-order chi connectivity index (χ1) is 9.27. The fourth-order valence-electron chi connectivity index (χ4n) is 1.80. The van der Waals surface area contributed by atoms with Gasteiger partial charge in [-0.05, 0) is 17.5 Å². The Morgan fingerprint density at radius 1 is 1.50 bits per heavy atom. The standard InChI is InChI=1S/C15H20N2O3/c1-15(2,3)13(8-14(18)19)17-12-7-11(20-4)6-5-10(12)9-16/h5-7,13,17H,8H2,1-4H3,(H,18,19). The van der Waals surface area contributed by atoms with Crippen molar-refractivity contribution in [2.24, 2.45) is 5.41 Å². The maximum Gasteiger partial charge on any atom is 0.305 e. The number of benzene rings is 1. The van der Waals surface area contributed by atoms with E-state index in [9.17, 15) is 4.79 Å². The normalized spacial score (nSPS) is 12.3. The Labute approximate surface area is 119 Å². The minimum atomic E-state index is -0.876. The molecule has 0 spiro atoms. The quantitative estimate of drug-likeness (QED) is 0.864. The summed E-state index contributed by atoms with van der Waals surface area (Å²) in [6.45, 7) is 5.87. The zero-order chi connectivity index (χ0) is 15.3. The highest BCUT2D eigenvalue weighted by Gasteiger charge is 2.27. The summed E-state index contributed by atoms with van der Waals surface area (Å²) in [6, 6.07) is 6.86. The molecule has 0 saturated heterocycles. The van der Waals surface area contributed by atoms with Crippen molar-refractivity contribution in [3.8, 4) is 11.8 Å². The Morgan fingerprint density at radius 3 is 2.60 bits per heavy atom. The van der Waals surface area contributed by atoms with Crippen molar-refractivity contribution in [2.75, 3.05) is 12.4 Å². The van der Waals surface area contributed by atoms with Crippen LogP contribution in [0.4, 0.5) is 5.69 Å². The minimum absolute atomic E-state index is 0.0222. The average Bonchev–Trinajstić information content (AvgIpc) is 2.36. The molecule has 0 heterocycles. The van der Waals surface area contributed by atoms with Gasteiger partial charge in [0, 0.05) is 12.1 Å². The number of aliphatic carboxylic acids is 1. The molecule has 0 radical (unpaired) electrons. The van der Waals surface area contributed by atoms with Gasteiger partial charge in [-0.1, -0.05) is 20.8 Å². The number of hydrogen-bond acceptors (Lipinski definition) is 4. The van der Waals surface area contributed by atoms with E-state index < -0.39 is 5.97 Å². The number of hydrogen-bond donors (Lipinski definition) is 2. The Balaban J connectivity index is 3.10. The molecule has 2 N–H and O–H groups in total. The van der Waals surface area contributed by atoms with Crippen LogP contribution in [0.5, 0.6) is 5.75 Å². The number of carboxylic acid groups (broad SMARTS) is 1. The molecular formula is C15H20N2O3. The molecule has 108 valence electrons. The van der Waals surface area contributed by atoms with Crippen LogP contribution < -0.4 is 10.1 Å². The molecule has 1 rings (SSSR count). The lowest BCUT2D eigenvalue weighted by Gasteiger charge is -2.31. The molecule has 1 unspecified atom stereocenters. The van der Waals surface area contributed by atoms with Gasteiger partial charge in [-0.2, -0.15) is 5.26 Å². The molecule has 0 aliphatic heterocycles. The van der Waals surface area contributed by atoms with E-state index in [1.807, 2.05) is 20.8 Å². The van der Waals surface area contributed by atoms with Gasteiger partial charge in [0.05, 0.1) is 24.8 Å². The highest BCUT2D eigenvalue weighted by atomic mass is 16.5. The monoisotopic (exact) mass is 276 g/mol. The number of nitrogens with zero attached hydrogens (tertiary/aromatic N) is 1. The zero-order valence-electron chi connectivity index (χ0n) is 12.2. The minimum Gasteiger partial charge on any atom is -0.497 e. The molecule has 0 amide bonds. The molecule has 0 saturated carbocycles. The predicted molar refractivity (Wildman–Crippen MR) is 76.8 cm³/mol. The van der Waals surface area contributed by atoms with Crippen LogP contribution in [-0.4, -0.2) is 24.2 Å². The number of anilines is 1. The van der Waals surface area contributed by atoms with Gasteiger partial charge in [0.25, 0.3) is 0 Å². The van der Waals surface area contributed by atoms with Gasteiger partial charge >= 0.3 is 5.97 Å². The molecule has 0 fully saturated rings. The second kappa shape index (κ2) is 6.29. The molecule has 0 aliphatic carbocycles. The number of methoxy groups -OCH3 is 1. The van der Waals surface area contributed by atoms with Crippen LogP contribution in [0.1, 0.15) is 32.8 Å². The summed E-state index contributed by atoms with van der Waals surface area (Å²) in [7, 11) is 1.55. The molecule has 5 heteroatoms. The molecule has 1 aromatic rings. The summed E-state index contributed by atoms with van der Waals surface area (Å²) in [4.78, 5) is 11.0. The first kappa shape index (κ1) is 15.8. The third kappa shape index (κ3) is 4.16. The van der Waals surface area contributed by atoms with Crippen molar-refractivity contribution in [3.05, 3.63) is 23.8 Å². The third-order valence-electron chi connectivity index (χ3n) is 3.10. The second-order valence-corrected chi connectivity index (χ2v) is 5.68. The summed E-state index contributed by atoms with van der Waals surface area (Å²) in [5.41, 5.74) is 0.798. The highest BCUT2D eigenvalue weighted by molar-refractivity contribution is 5.69. The van der Waals surface area contributed by atoms with E-state index >= 15 is 0 Å². The smallest absolute Gasteiger partial charge is 0.305 e. The van der Waals surface area contributed by atoms with Gasteiger partial charge in [0.1, 0.15) is 11.8 Å². The Bertz CT molecular complexity index is 527. The Morgan fingerprint density at radius 2 is 2.15 bits per heavy atom. The van der Waals surface area contributed by atoms with Gasteiger partial charge in [0.15, 0.2) is 0 Å². The van der Waals surface area contributed by atoms with Crippen molar-refractivity contribution in [3.63, 3.8) is 0 Å². The SMILES string of the molecule is COc1ccc(C#N)c(NC(CC(=O)O)C(C)(C)C)c1. The fraction of sp³-hybridized carbons (Fsp3) is 0.467. The molecule has 20 heavy (non-hydrogen) atoms. The van der Waals surface area contributed by atoms with Gasteiger partial charge < -0.3 is 15.2 Å². The van der Waals surface area contributed by atoms with Gasteiger partial charge in [-0.15, -0.1) is 0 Å². The molecule has 1 atom stereocenters. The van der Waals surface area contributed by atoms with Crippen molar-refractivity contribution in [2.45, 2.75) is 33.2 Å². The molecule has 0 aromatic heterocycles. The highest BCUT2D eigenvalue weighted by Crippen LogP contribution is 2.29. The van der Waals surface area contributed by atoms with Gasteiger partial charge in [-0.25, -0.2) is 0 Å². The van der Waals surface area contributed by atoms with Crippen molar-refractivity contribution in [1.29, 1.82) is 5.26 Å². The summed E-state index contributed by atoms with van der Waals surface area (Å²) in [5, 5.41) is 21.3. The summed E-state index contributed by atoms with van der Waals surface area (Å²) < 4.78 is 5.14. The largest absolute Gasteiger partial charge is 0.497 e. The average molecular weight is 276 g/mol. The topological polar surface area (TPSA) is 82.3 Å². The van der Waals surface area contributed by atoms with E-state index in [1.54, 1.807) is 25.3 Å². The van der Waals surface area contributed by atoms with Crippen LogP contribution >= 0.6 is 0 Å². The number of carbonyl (C=O) groups is 1. The van der Waals surface area contributed by atoms with Gasteiger partial charge in [0.2, 0.25) is 0 Å². The molecule has 0 bridgehead atoms. The van der Waals surface area contributed by atoms with Crippen LogP contribution in [0, 0.1) is 16.7 Å². The second-order valence-electron chi connectivity index (χ2n) is 5.68. The van der Waals surface area contributed by atoms with Gasteiger partial charge in [-0.3, -0.25) is 4.79 Å². The number of rotatable bonds is 5. The summed E-state index contributed by atoms with van der Waals surface area (Å²) >= 11 is 0. The van der Waals surface area contributed by atoms with Crippen LogP contribution in [0.25, 0.3) is 0 Å². The van der Waals surface area contributed by atoms with E-state index in [1.165, 1.54) is 0 Å². The number of carboxylic acids is 1. The first-order valence-electron chi connectivity index (χ1n) is 6.34. The van der Waals surface area contributed by atoms with Crippen LogP contribution in [0.2, 0.25) is 0 Å². The van der Waals surface area contributed by atoms with Crippen molar-refractivity contribution < 1.29 is 14.6 Å². The van der Waals surface area contributed by atoms with E-state index in [2.05, 4.69) is 11.4 Å². The Kier molecular flexibility index (Phi) is 4.98. The first-order valence-corrected chi connectivity index (χ1v) is 6.34. The maximum absolute atomic E-state index is 11.0. The molecule has 5 nitrogen and oxygen atoms in total. The lowest BCUT2D eigenvalue weighted by Crippen LogP contribution is -2.36. The fourth-order valence-corrected chi connectivity index (χ4v) is 1.80. The van der Waals surface area contributed by atoms with E-state index in [-0.39, 0.29) is 17.9 Å². The van der Waals surface area contributed by atoms with Crippen LogP contribution in [-0.2, 0) is 4.79 Å². The molecule has 0 aliphatic rings. The third-order valence-corrected chi connectivity index (χ3v) is 3.10.